The molecular formula is C44H86O3. The van der Waals surface area contributed by atoms with Crippen LogP contribution in [0, 0.1) is 0 Å². The van der Waals surface area contributed by atoms with Gasteiger partial charge in [0.2, 0.25) is 0 Å². The first-order valence-corrected chi connectivity index (χ1v) is 21.9. The molecule has 0 aromatic carbocycles. The first-order valence-electron chi connectivity index (χ1n) is 21.9. The molecule has 0 bridgehead atoms. The molecule has 0 radical (unpaired) electrons. The lowest BCUT2D eigenvalue weighted by Gasteiger charge is -2.05. The van der Waals surface area contributed by atoms with Crippen LogP contribution in [0.2, 0.25) is 0 Å². The van der Waals surface area contributed by atoms with E-state index in [9.17, 15) is 9.59 Å². The summed E-state index contributed by atoms with van der Waals surface area (Å²) >= 11 is 0. The summed E-state index contributed by atoms with van der Waals surface area (Å²) < 4.78 is 5.03. The molecular weight excluding hydrogens is 576 g/mol. The minimum atomic E-state index is -0.322. The quantitative estimate of drug-likeness (QED) is 0.0372. The van der Waals surface area contributed by atoms with Gasteiger partial charge in [-0.1, -0.05) is 245 Å². The molecule has 0 aromatic rings. The van der Waals surface area contributed by atoms with Crippen LogP contribution in [0.15, 0.2) is 0 Å². The molecule has 3 heteroatoms. The molecule has 0 fully saturated rings. The summed E-state index contributed by atoms with van der Waals surface area (Å²) in [5.41, 5.74) is 0. The van der Waals surface area contributed by atoms with Crippen molar-refractivity contribution in [3.8, 4) is 0 Å². The summed E-state index contributed by atoms with van der Waals surface area (Å²) in [7, 11) is 0. The van der Waals surface area contributed by atoms with Crippen LogP contribution < -0.4 is 0 Å². The average molecular weight is 663 g/mol. The summed E-state index contributed by atoms with van der Waals surface area (Å²) in [6, 6.07) is 0. The Labute approximate surface area is 296 Å². The molecule has 0 N–H and O–H groups in total. The molecule has 47 heavy (non-hydrogen) atoms. The molecule has 0 spiro atoms. The number of ether oxygens (including phenoxy) is 1. The molecule has 3 nitrogen and oxygen atoms in total. The van der Waals surface area contributed by atoms with E-state index in [-0.39, 0.29) is 11.9 Å². The third kappa shape index (κ3) is 41.2. The van der Waals surface area contributed by atoms with Crippen molar-refractivity contribution in [1.29, 1.82) is 0 Å². The molecule has 0 rings (SSSR count). The summed E-state index contributed by atoms with van der Waals surface area (Å²) in [4.78, 5) is 23.9. The lowest BCUT2D eigenvalue weighted by Crippen LogP contribution is -2.11. The van der Waals surface area contributed by atoms with Crippen LogP contribution in [0.1, 0.15) is 271 Å². The van der Waals surface area contributed by atoms with Gasteiger partial charge in [0, 0.05) is 12.8 Å². The summed E-state index contributed by atoms with van der Waals surface area (Å²) in [5.74, 6) is -0.642. The van der Waals surface area contributed by atoms with Crippen molar-refractivity contribution in [3.05, 3.63) is 0 Å². The fourth-order valence-corrected chi connectivity index (χ4v) is 6.92. The Morgan fingerprint density at radius 1 is 0.255 bits per heavy atom. The summed E-state index contributed by atoms with van der Waals surface area (Å²) in [6.45, 7) is 4.57. The molecule has 0 aliphatic carbocycles. The van der Waals surface area contributed by atoms with Crippen molar-refractivity contribution in [3.63, 3.8) is 0 Å². The smallest absolute Gasteiger partial charge is 0.313 e. The second-order valence-electron chi connectivity index (χ2n) is 15.1. The number of carbonyl (C=O) groups is 2. The molecule has 0 heterocycles. The van der Waals surface area contributed by atoms with Gasteiger partial charge in [0.25, 0.3) is 0 Å². The van der Waals surface area contributed by atoms with Crippen molar-refractivity contribution in [2.24, 2.45) is 0 Å². The van der Waals surface area contributed by atoms with E-state index in [1.54, 1.807) is 0 Å². The lowest BCUT2D eigenvalue weighted by molar-refractivity contribution is -0.159. The number of unbranched alkanes of at least 4 members (excludes halogenated alkanes) is 36. The summed E-state index contributed by atoms with van der Waals surface area (Å²) in [6.07, 6.45) is 51.9. The topological polar surface area (TPSA) is 43.4 Å². The number of hydrogen-bond acceptors (Lipinski definition) is 3. The average Bonchev–Trinajstić information content (AvgIpc) is 3.06. The molecule has 0 aliphatic heterocycles. The van der Waals surface area contributed by atoms with Gasteiger partial charge in [-0.2, -0.15) is 0 Å². The van der Waals surface area contributed by atoms with Crippen LogP contribution >= 0.6 is 0 Å². The standard InChI is InChI=1S/C44H86O3/c1-3-5-7-9-11-13-15-17-18-19-20-21-22-23-24-25-26-27-28-30-32-34-36-38-40-42-44(46)47-43(45)41-39-37-35-33-31-29-16-14-12-10-8-6-4-2/h3-42H2,1-2H3. The molecule has 0 saturated carbocycles. The first kappa shape index (κ1) is 46.1. The predicted molar refractivity (Wildman–Crippen MR) is 207 cm³/mol. The first-order chi connectivity index (χ1) is 23.2. The van der Waals surface area contributed by atoms with E-state index < -0.39 is 0 Å². The molecule has 0 saturated heterocycles. The van der Waals surface area contributed by atoms with Gasteiger partial charge < -0.3 is 4.74 Å². The minimum absolute atomic E-state index is 0.321. The van der Waals surface area contributed by atoms with Crippen LogP contribution in [-0.2, 0) is 14.3 Å². The highest BCUT2D eigenvalue weighted by Crippen LogP contribution is 2.17. The van der Waals surface area contributed by atoms with E-state index in [0.717, 1.165) is 25.7 Å². The van der Waals surface area contributed by atoms with E-state index in [1.807, 2.05) is 0 Å². The van der Waals surface area contributed by atoms with Crippen molar-refractivity contribution < 1.29 is 14.3 Å². The fraction of sp³-hybridized carbons (Fsp3) is 0.955. The van der Waals surface area contributed by atoms with Crippen LogP contribution in [0.5, 0.6) is 0 Å². The van der Waals surface area contributed by atoms with Gasteiger partial charge in [0.1, 0.15) is 0 Å². The Bertz CT molecular complexity index is 615. The van der Waals surface area contributed by atoms with Crippen molar-refractivity contribution in [1.82, 2.24) is 0 Å². The van der Waals surface area contributed by atoms with E-state index in [0.29, 0.717) is 12.8 Å². The zero-order valence-corrected chi connectivity index (χ0v) is 32.5. The molecule has 0 aromatic heterocycles. The van der Waals surface area contributed by atoms with Gasteiger partial charge in [0.05, 0.1) is 0 Å². The molecule has 0 atom stereocenters. The monoisotopic (exact) mass is 663 g/mol. The maximum absolute atomic E-state index is 12.0. The fourth-order valence-electron chi connectivity index (χ4n) is 6.92. The van der Waals surface area contributed by atoms with Gasteiger partial charge in [0.15, 0.2) is 0 Å². The number of rotatable bonds is 40. The van der Waals surface area contributed by atoms with Gasteiger partial charge in [-0.25, -0.2) is 0 Å². The Kier molecular flexibility index (Phi) is 40.6. The van der Waals surface area contributed by atoms with E-state index in [1.165, 1.54) is 218 Å². The zero-order chi connectivity index (χ0) is 34.1. The maximum atomic E-state index is 12.0. The van der Waals surface area contributed by atoms with Crippen molar-refractivity contribution in [2.45, 2.75) is 271 Å². The summed E-state index contributed by atoms with van der Waals surface area (Å²) in [5, 5.41) is 0. The Hall–Kier alpha value is -0.860. The largest absolute Gasteiger partial charge is 0.393 e. The highest BCUT2D eigenvalue weighted by atomic mass is 16.6. The van der Waals surface area contributed by atoms with Crippen LogP contribution in [0.3, 0.4) is 0 Å². The van der Waals surface area contributed by atoms with Gasteiger partial charge in [-0.05, 0) is 12.8 Å². The zero-order valence-electron chi connectivity index (χ0n) is 32.5. The SMILES string of the molecule is CCCCCCCCCCCCCCCCCCCCCCCCCCCC(=O)OC(=O)CCCCCCCCCCCCCCC. The normalized spacial score (nSPS) is 11.4. The molecule has 0 unspecified atom stereocenters. The highest BCUT2D eigenvalue weighted by molar-refractivity contribution is 5.85. The number of hydrogen-bond donors (Lipinski definition) is 0. The van der Waals surface area contributed by atoms with Gasteiger partial charge >= 0.3 is 11.9 Å². The van der Waals surface area contributed by atoms with Crippen molar-refractivity contribution in [2.75, 3.05) is 0 Å². The Balaban J connectivity index is 3.23. The van der Waals surface area contributed by atoms with Gasteiger partial charge in [-0.3, -0.25) is 9.59 Å². The van der Waals surface area contributed by atoms with Crippen LogP contribution in [-0.4, -0.2) is 11.9 Å². The number of carbonyl (C=O) groups excluding carboxylic acids is 2. The van der Waals surface area contributed by atoms with Crippen LogP contribution in [0.4, 0.5) is 0 Å². The number of esters is 2. The third-order valence-corrected chi connectivity index (χ3v) is 10.2. The molecule has 280 valence electrons. The third-order valence-electron chi connectivity index (χ3n) is 10.2. The van der Waals surface area contributed by atoms with Crippen molar-refractivity contribution >= 4 is 11.9 Å². The van der Waals surface area contributed by atoms with E-state index in [4.69, 9.17) is 4.74 Å². The van der Waals surface area contributed by atoms with Gasteiger partial charge in [-0.15, -0.1) is 0 Å². The predicted octanol–water partition coefficient (Wildman–Crippen LogP) is 15.7. The molecule has 0 aliphatic rings. The minimum Gasteiger partial charge on any atom is -0.393 e. The van der Waals surface area contributed by atoms with E-state index in [2.05, 4.69) is 13.8 Å². The highest BCUT2D eigenvalue weighted by Gasteiger charge is 2.10. The Morgan fingerprint density at radius 3 is 0.574 bits per heavy atom. The second-order valence-corrected chi connectivity index (χ2v) is 15.1. The second kappa shape index (κ2) is 41.3. The van der Waals surface area contributed by atoms with E-state index >= 15 is 0 Å². The molecule has 0 amide bonds. The van der Waals surface area contributed by atoms with Crippen LogP contribution in [0.25, 0.3) is 0 Å². The lowest BCUT2D eigenvalue weighted by atomic mass is 10.0. The maximum Gasteiger partial charge on any atom is 0.313 e. The Morgan fingerprint density at radius 2 is 0.404 bits per heavy atom.